The normalized spacial score (nSPS) is 25.6. The Morgan fingerprint density at radius 3 is 1.13 bits per heavy atom. The molecule has 0 aliphatic carbocycles. The molecule has 19 atom stereocenters. The van der Waals surface area contributed by atoms with Crippen molar-refractivity contribution in [3.63, 3.8) is 0 Å². The van der Waals surface area contributed by atoms with Crippen LogP contribution in [0.1, 0.15) is 317 Å². The Hall–Kier alpha value is -2.84. The molecule has 0 unspecified atom stereocenters. The predicted octanol–water partition coefficient (Wildman–Crippen LogP) is 8.66. The number of carboxylic acid groups (broad SMARTS) is 1. The van der Waals surface area contributed by atoms with Crippen molar-refractivity contribution in [3.8, 4) is 0 Å². The Kier molecular flexibility index (Phi) is 53.8. The number of nitrogens with one attached hydrogen (secondary N) is 2. The van der Waals surface area contributed by atoms with E-state index in [-0.39, 0.29) is 25.7 Å². The Bertz CT molecular complexity index is 2770. The third kappa shape index (κ3) is 44.6. The minimum absolute atomic E-state index is 0.0313. The lowest BCUT2D eigenvalue weighted by Crippen LogP contribution is -2.68. The number of unbranched alkanes of at least 4 members (excludes halogenated alkanes) is 32. The van der Waals surface area contributed by atoms with E-state index >= 15 is 0 Å². The molecule has 3 heterocycles. The molecule has 3 rings (SSSR count). The van der Waals surface area contributed by atoms with Crippen LogP contribution in [0.15, 0.2) is 0 Å². The molecule has 3 aliphatic heterocycles. The maximum atomic E-state index is 14.5. The number of hydrogen-bond donors (Lipinski definition) is 17. The number of phosphoric ester groups is 3. The first-order valence-corrected chi connectivity index (χ1v) is 46.7. The number of rotatable bonds is 67. The van der Waals surface area contributed by atoms with Crippen molar-refractivity contribution in [2.24, 2.45) is 0 Å². The van der Waals surface area contributed by atoms with Gasteiger partial charge < -0.3 is 119 Å². The van der Waals surface area contributed by atoms with Gasteiger partial charge in [0.25, 0.3) is 5.79 Å². The fourth-order valence-electron chi connectivity index (χ4n) is 14.5. The average molecular weight is 1710 g/mol. The van der Waals surface area contributed by atoms with E-state index < -0.39 is 221 Å². The maximum absolute atomic E-state index is 14.5. The van der Waals surface area contributed by atoms with E-state index in [1.165, 1.54) is 0 Å². The largest absolute Gasteiger partial charge is 0.477 e. The fourth-order valence-corrected chi connectivity index (χ4v) is 16.1. The molecule has 2 amide bonds. The third-order valence-corrected chi connectivity index (χ3v) is 22.4. The monoisotopic (exact) mass is 1700 g/mol. The van der Waals surface area contributed by atoms with Gasteiger partial charge in [0.05, 0.1) is 69.9 Å². The van der Waals surface area contributed by atoms with E-state index in [9.17, 15) is 113 Å². The molecule has 0 bridgehead atoms. The molecule has 0 aromatic heterocycles. The molecule has 38 heteroatoms. The van der Waals surface area contributed by atoms with Crippen LogP contribution in [-0.4, -0.2) is 241 Å². The number of ether oxygens (including phenoxy) is 7. The molecular weight excluding hydrogens is 1560 g/mol. The summed E-state index contributed by atoms with van der Waals surface area (Å²) in [5.41, 5.74) is 0. The van der Waals surface area contributed by atoms with Gasteiger partial charge in [-0.1, -0.05) is 259 Å². The summed E-state index contributed by atoms with van der Waals surface area (Å²) in [6.45, 7) is 4.49. The van der Waals surface area contributed by atoms with E-state index in [4.69, 9.17) is 46.7 Å². The van der Waals surface area contributed by atoms with Gasteiger partial charge >= 0.3 is 41.4 Å². The lowest BCUT2D eigenvalue weighted by atomic mass is 9.92. The van der Waals surface area contributed by atoms with Gasteiger partial charge in [0, 0.05) is 6.42 Å². The summed E-state index contributed by atoms with van der Waals surface area (Å²) in [4.78, 5) is 133. The van der Waals surface area contributed by atoms with E-state index in [2.05, 4.69) is 38.3 Å². The zero-order valence-electron chi connectivity index (χ0n) is 67.7. The van der Waals surface area contributed by atoms with Crippen LogP contribution >= 0.6 is 23.5 Å². The zero-order valence-corrected chi connectivity index (χ0v) is 70.4. The summed E-state index contributed by atoms with van der Waals surface area (Å²) >= 11 is 0. The molecule has 3 fully saturated rings. The summed E-state index contributed by atoms with van der Waals surface area (Å²) in [6.07, 6.45) is -3.90. The first-order chi connectivity index (χ1) is 54.1. The van der Waals surface area contributed by atoms with Crippen LogP contribution in [0.5, 0.6) is 0 Å². The van der Waals surface area contributed by atoms with Gasteiger partial charge in [0.1, 0.15) is 60.9 Å². The Labute approximate surface area is 673 Å². The number of hydrogen-bond acceptors (Lipinski definition) is 26. The van der Waals surface area contributed by atoms with Gasteiger partial charge in [-0.3, -0.25) is 32.7 Å². The zero-order chi connectivity index (χ0) is 84.7. The lowest BCUT2D eigenvalue weighted by Gasteiger charge is -2.48. The summed E-state index contributed by atoms with van der Waals surface area (Å²) in [7, 11) is -17.5. The minimum Gasteiger partial charge on any atom is -0.477 e. The van der Waals surface area contributed by atoms with Crippen molar-refractivity contribution in [1.82, 2.24) is 10.6 Å². The molecule has 0 radical (unpaired) electrons. The van der Waals surface area contributed by atoms with Crippen molar-refractivity contribution in [3.05, 3.63) is 0 Å². The summed E-state index contributed by atoms with van der Waals surface area (Å²) < 4.78 is 95.5. The number of carboxylic acids is 1. The summed E-state index contributed by atoms with van der Waals surface area (Å²) in [5, 5.41) is 105. The van der Waals surface area contributed by atoms with Gasteiger partial charge in [0.15, 0.2) is 24.8 Å². The van der Waals surface area contributed by atoms with Crippen LogP contribution in [0.25, 0.3) is 0 Å². The molecule has 114 heavy (non-hydrogen) atoms. The number of carbonyl (C=O) groups excluding carboxylic acids is 4. The van der Waals surface area contributed by atoms with E-state index in [0.29, 0.717) is 44.9 Å². The first-order valence-electron chi connectivity index (χ1n) is 42.1. The van der Waals surface area contributed by atoms with Gasteiger partial charge in [-0.2, -0.15) is 0 Å². The van der Waals surface area contributed by atoms with E-state index in [1.807, 2.05) is 0 Å². The molecule has 0 saturated carbocycles. The van der Waals surface area contributed by atoms with Gasteiger partial charge in [0.2, 0.25) is 11.8 Å². The molecule has 0 aromatic carbocycles. The predicted molar refractivity (Wildman–Crippen MR) is 415 cm³/mol. The number of esters is 2. The van der Waals surface area contributed by atoms with E-state index in [1.54, 1.807) is 0 Å². The second-order valence-electron chi connectivity index (χ2n) is 31.1. The molecule has 3 saturated heterocycles. The van der Waals surface area contributed by atoms with Crippen LogP contribution in [0, 0.1) is 0 Å². The van der Waals surface area contributed by atoms with Crippen LogP contribution in [0.2, 0.25) is 0 Å². The number of aliphatic hydroxyl groups excluding tert-OH is 8. The summed E-state index contributed by atoms with van der Waals surface area (Å²) in [5.74, 6) is -10.2. The highest BCUT2D eigenvalue weighted by Gasteiger charge is 2.59. The minimum atomic E-state index is -6.00. The highest BCUT2D eigenvalue weighted by molar-refractivity contribution is 7.46. The van der Waals surface area contributed by atoms with E-state index in [0.717, 1.165) is 186 Å². The Morgan fingerprint density at radius 2 is 0.772 bits per heavy atom. The molecule has 17 N–H and O–H groups in total. The smallest absolute Gasteiger partial charge is 0.472 e. The van der Waals surface area contributed by atoms with Crippen LogP contribution in [-0.2, 0) is 84.4 Å². The number of carbonyl (C=O) groups is 5. The van der Waals surface area contributed by atoms with Crippen molar-refractivity contribution >= 4 is 53.2 Å². The number of aliphatic hydroxyl groups is 8. The van der Waals surface area contributed by atoms with Crippen LogP contribution in [0.3, 0.4) is 0 Å². The topological polar surface area (TPSA) is 556 Å². The maximum Gasteiger partial charge on any atom is 0.472 e. The lowest BCUT2D eigenvalue weighted by molar-refractivity contribution is -0.339. The third-order valence-electron chi connectivity index (χ3n) is 20.8. The standard InChI is InChI=1S/C76H143N2O33P3/c1-5-9-13-17-21-25-29-33-37-41-53(80)45-61(85)77-65-71(106-63(87)47-55(82)43-39-35-31-27-23-19-15-11-7-3)68(90)59(104-74(65)111-114(99,100)101)51-102-73-66(78-62(86)46-54(81)42-38-34-30-26-22-18-14-10-6-2)72(107-64(88)48-56(83)44-40-36-32-28-24-20-16-12-8-4)70(110-113(96,97)98)60(105-73)52-103-76(75(91)92)49-58(109-112(93,94)95)67(89)69(108-76)57(84)50-79/h53-60,65-74,79-84,89-90H,5-52H2,1-4H3,(H,77,85)(H,78,86)(H,91,92)(H2,93,94,95)(H2,96,97,98)(H2,99,100,101)/t53-,54-,55-,56-,57-,58-,59-,60-,65-,66-,67-,68-,69-,70-,71-,72-,73-,74-,76-/m1/s1. The molecule has 670 valence electrons. The quantitative estimate of drug-likeness (QED) is 0.0154. The molecule has 0 aromatic rings. The van der Waals surface area contributed by atoms with Crippen LogP contribution in [0.4, 0.5) is 0 Å². The Morgan fingerprint density at radius 1 is 0.430 bits per heavy atom. The average Bonchev–Trinajstić information content (AvgIpc) is 0.768. The van der Waals surface area contributed by atoms with Crippen molar-refractivity contribution in [2.75, 3.05) is 19.8 Å². The SMILES string of the molecule is CCCCCCCCCCC[C@@H](O)CC(=O)N[C@H]1[C@H](OC[C@H]2O[C@H](OP(=O)(O)O)[C@H](NC(=O)C[C@H](O)CCCCCCCCCCC)[C@@H](OC(=O)C[C@H](O)CCCCCCCCCCC)[C@@H]2O)O[C@H](CO[C@]2(C(=O)O)C[C@@H](OP(=O)(O)O)[C@@H](O)[C@@H]([C@H](O)CO)O2)[C@@H](OP(=O)(O)O)[C@@H]1OC(=O)C[C@H](O)CCCCCCCCCCC. The van der Waals surface area contributed by atoms with Crippen molar-refractivity contribution in [1.29, 1.82) is 0 Å². The molecule has 0 spiro atoms. The number of amides is 2. The fraction of sp³-hybridized carbons (Fsp3) is 0.934. The second kappa shape index (κ2) is 58.2. The van der Waals surface area contributed by atoms with Crippen LogP contribution < -0.4 is 10.6 Å². The second-order valence-corrected chi connectivity index (χ2v) is 34.7. The summed E-state index contributed by atoms with van der Waals surface area (Å²) in [6, 6.07) is -4.24. The number of phosphoric acid groups is 3. The van der Waals surface area contributed by atoms with Gasteiger partial charge in [-0.05, 0) is 25.7 Å². The Balaban J connectivity index is 2.26. The molecular formula is C76H143N2O33P3. The number of aliphatic carboxylic acids is 1. The highest BCUT2D eigenvalue weighted by Crippen LogP contribution is 2.47. The first kappa shape index (κ1) is 105. The van der Waals surface area contributed by atoms with Gasteiger partial charge in [-0.25, -0.2) is 18.5 Å². The molecule has 3 aliphatic rings. The van der Waals surface area contributed by atoms with Crippen molar-refractivity contribution in [2.45, 2.75) is 433 Å². The van der Waals surface area contributed by atoms with Gasteiger partial charge in [-0.15, -0.1) is 0 Å². The molecule has 35 nitrogen and oxygen atoms in total. The van der Waals surface area contributed by atoms with Crippen molar-refractivity contribution < 1.29 is 160 Å². The highest BCUT2D eigenvalue weighted by atomic mass is 31.2.